The van der Waals surface area contributed by atoms with Crippen molar-refractivity contribution in [1.29, 1.82) is 0 Å². The minimum atomic E-state index is 0.0677. The average Bonchev–Trinajstić information content (AvgIpc) is 3.45. The van der Waals surface area contributed by atoms with Crippen LogP contribution in [0.4, 0.5) is 5.82 Å². The van der Waals surface area contributed by atoms with Gasteiger partial charge in [0, 0.05) is 43.0 Å². The highest BCUT2D eigenvalue weighted by atomic mass is 16.2. The highest BCUT2D eigenvalue weighted by molar-refractivity contribution is 5.94. The predicted octanol–water partition coefficient (Wildman–Crippen LogP) is 3.53. The molecule has 4 aromatic rings. The van der Waals surface area contributed by atoms with E-state index in [9.17, 15) is 4.79 Å². The van der Waals surface area contributed by atoms with E-state index in [4.69, 9.17) is 0 Å². The van der Waals surface area contributed by atoms with Crippen molar-refractivity contribution >= 4 is 22.6 Å². The van der Waals surface area contributed by atoms with Crippen LogP contribution in [0.25, 0.3) is 10.9 Å². The number of aromatic nitrogens is 4. The Labute approximate surface area is 174 Å². The number of likely N-dealkylation sites (tertiary alicyclic amines) is 1. The number of hydrogen-bond acceptors (Lipinski definition) is 5. The molecular weight excluding hydrogens is 376 g/mol. The molecule has 1 atom stereocenters. The highest BCUT2D eigenvalue weighted by Crippen LogP contribution is 2.25. The Bertz CT molecular complexity index is 1140. The maximum Gasteiger partial charge on any atom is 0.253 e. The molecular formula is C23H22N6O. The molecule has 7 nitrogen and oxygen atoms in total. The largest absolute Gasteiger partial charge is 0.366 e. The van der Waals surface area contributed by atoms with Gasteiger partial charge in [0.05, 0.1) is 11.6 Å². The zero-order valence-corrected chi connectivity index (χ0v) is 16.5. The molecule has 0 radical (unpaired) electrons. The Morgan fingerprint density at radius 1 is 1.13 bits per heavy atom. The van der Waals surface area contributed by atoms with Gasteiger partial charge in [0.15, 0.2) is 0 Å². The number of anilines is 1. The molecule has 1 unspecified atom stereocenters. The summed E-state index contributed by atoms with van der Waals surface area (Å²) >= 11 is 0. The third kappa shape index (κ3) is 3.74. The van der Waals surface area contributed by atoms with Crippen molar-refractivity contribution < 1.29 is 4.79 Å². The molecule has 2 aromatic heterocycles. The van der Waals surface area contributed by atoms with Crippen LogP contribution in [0.5, 0.6) is 0 Å². The van der Waals surface area contributed by atoms with Gasteiger partial charge < -0.3 is 10.2 Å². The third-order valence-corrected chi connectivity index (χ3v) is 5.49. The lowest BCUT2D eigenvalue weighted by Crippen LogP contribution is -2.29. The minimum Gasteiger partial charge on any atom is -0.366 e. The normalized spacial score (nSPS) is 16.1. The van der Waals surface area contributed by atoms with Gasteiger partial charge in [-0.1, -0.05) is 30.3 Å². The number of nitrogens with one attached hydrogen (secondary N) is 1. The molecule has 1 N–H and O–H groups in total. The van der Waals surface area contributed by atoms with Gasteiger partial charge in [-0.3, -0.25) is 9.48 Å². The maximum absolute atomic E-state index is 13.1. The molecule has 1 aliphatic rings. The zero-order chi connectivity index (χ0) is 20.3. The number of benzene rings is 2. The molecule has 0 spiro atoms. The maximum atomic E-state index is 13.1. The van der Waals surface area contributed by atoms with E-state index >= 15 is 0 Å². The summed E-state index contributed by atoms with van der Waals surface area (Å²) < 4.78 is 2.01. The molecule has 150 valence electrons. The van der Waals surface area contributed by atoms with Crippen molar-refractivity contribution in [1.82, 2.24) is 24.6 Å². The fourth-order valence-electron chi connectivity index (χ4n) is 3.90. The van der Waals surface area contributed by atoms with Crippen molar-refractivity contribution in [3.8, 4) is 0 Å². The first-order valence-corrected chi connectivity index (χ1v) is 10.1. The number of carbonyl (C=O) groups excluding carboxylic acids is 1. The van der Waals surface area contributed by atoms with E-state index in [1.165, 1.54) is 6.33 Å². The van der Waals surface area contributed by atoms with Crippen LogP contribution in [-0.2, 0) is 6.54 Å². The summed E-state index contributed by atoms with van der Waals surface area (Å²) in [5.74, 6) is 0.828. The lowest BCUT2D eigenvalue weighted by atomic mass is 10.1. The van der Waals surface area contributed by atoms with Crippen LogP contribution in [0, 0.1) is 0 Å². The summed E-state index contributed by atoms with van der Waals surface area (Å²) in [4.78, 5) is 23.1. The number of hydrogen-bond donors (Lipinski definition) is 1. The Morgan fingerprint density at radius 3 is 2.93 bits per heavy atom. The van der Waals surface area contributed by atoms with E-state index in [1.54, 1.807) is 6.20 Å². The second-order valence-electron chi connectivity index (χ2n) is 7.51. The van der Waals surface area contributed by atoms with Gasteiger partial charge in [-0.2, -0.15) is 5.10 Å². The van der Waals surface area contributed by atoms with Crippen molar-refractivity contribution in [2.24, 2.45) is 0 Å². The lowest BCUT2D eigenvalue weighted by molar-refractivity contribution is 0.0787. The monoisotopic (exact) mass is 398 g/mol. The third-order valence-electron chi connectivity index (χ3n) is 5.49. The van der Waals surface area contributed by atoms with Crippen molar-refractivity contribution in [3.05, 3.63) is 84.4 Å². The molecule has 1 fully saturated rings. The molecule has 1 aliphatic heterocycles. The standard InChI is InChI=1S/C23H22N6O/c30-23(18-6-3-4-17(12-18)13-25-22-8-10-24-16-26-22)28-11-9-20(15-28)29-14-19-5-1-2-7-21(19)27-29/h1-8,10,12,14,16,20H,9,11,13,15H2,(H,24,25,26). The molecule has 0 saturated carbocycles. The second-order valence-corrected chi connectivity index (χ2v) is 7.51. The van der Waals surface area contributed by atoms with Crippen LogP contribution in [-0.4, -0.2) is 43.6 Å². The molecule has 0 aliphatic carbocycles. The molecule has 1 saturated heterocycles. The zero-order valence-electron chi connectivity index (χ0n) is 16.5. The summed E-state index contributed by atoms with van der Waals surface area (Å²) in [6.45, 7) is 2.01. The molecule has 7 heteroatoms. The Balaban J connectivity index is 1.26. The average molecular weight is 398 g/mol. The first-order chi connectivity index (χ1) is 14.8. The van der Waals surface area contributed by atoms with Gasteiger partial charge in [0.25, 0.3) is 5.91 Å². The van der Waals surface area contributed by atoms with E-state index in [0.29, 0.717) is 18.7 Å². The first-order valence-electron chi connectivity index (χ1n) is 10.1. The van der Waals surface area contributed by atoms with Crippen LogP contribution in [0.2, 0.25) is 0 Å². The van der Waals surface area contributed by atoms with E-state index < -0.39 is 0 Å². The van der Waals surface area contributed by atoms with E-state index in [2.05, 4.69) is 32.6 Å². The van der Waals surface area contributed by atoms with Crippen molar-refractivity contribution in [2.45, 2.75) is 19.0 Å². The molecule has 3 heterocycles. The summed E-state index contributed by atoms with van der Waals surface area (Å²) in [6.07, 6.45) is 6.19. The van der Waals surface area contributed by atoms with Crippen molar-refractivity contribution in [3.63, 3.8) is 0 Å². The number of rotatable bonds is 5. The van der Waals surface area contributed by atoms with E-state index in [1.807, 2.05) is 58.1 Å². The van der Waals surface area contributed by atoms with Crippen LogP contribution in [0.1, 0.15) is 28.4 Å². The van der Waals surface area contributed by atoms with E-state index in [0.717, 1.165) is 35.2 Å². The number of nitrogens with zero attached hydrogens (tertiary/aromatic N) is 5. The summed E-state index contributed by atoms with van der Waals surface area (Å²) in [6, 6.07) is 17.9. The molecule has 5 rings (SSSR count). The van der Waals surface area contributed by atoms with Crippen LogP contribution in [0.15, 0.2) is 73.3 Å². The van der Waals surface area contributed by atoms with Gasteiger partial charge in [0.1, 0.15) is 12.1 Å². The number of fused-ring (bicyclic) bond motifs is 1. The Kier molecular flexibility index (Phi) is 4.85. The van der Waals surface area contributed by atoms with Gasteiger partial charge in [-0.25, -0.2) is 9.97 Å². The molecule has 1 amide bonds. The summed E-state index contributed by atoms with van der Waals surface area (Å²) in [5, 5.41) is 9.07. The predicted molar refractivity (Wildman–Crippen MR) is 115 cm³/mol. The van der Waals surface area contributed by atoms with Gasteiger partial charge in [-0.15, -0.1) is 0 Å². The van der Waals surface area contributed by atoms with Gasteiger partial charge >= 0.3 is 0 Å². The van der Waals surface area contributed by atoms with Crippen LogP contribution in [0.3, 0.4) is 0 Å². The minimum absolute atomic E-state index is 0.0677. The van der Waals surface area contributed by atoms with E-state index in [-0.39, 0.29) is 11.9 Å². The number of amides is 1. The fourth-order valence-corrected chi connectivity index (χ4v) is 3.90. The fraction of sp³-hybridized carbons (Fsp3) is 0.217. The summed E-state index contributed by atoms with van der Waals surface area (Å²) in [7, 11) is 0. The lowest BCUT2D eigenvalue weighted by Gasteiger charge is -2.17. The van der Waals surface area contributed by atoms with Crippen molar-refractivity contribution in [2.75, 3.05) is 18.4 Å². The van der Waals surface area contributed by atoms with Gasteiger partial charge in [0.2, 0.25) is 0 Å². The number of carbonyl (C=O) groups is 1. The molecule has 0 bridgehead atoms. The Hall–Kier alpha value is -3.74. The van der Waals surface area contributed by atoms with Crippen LogP contribution < -0.4 is 5.32 Å². The van der Waals surface area contributed by atoms with Crippen LogP contribution >= 0.6 is 0 Å². The first kappa shape index (κ1) is 18.3. The molecule has 2 aromatic carbocycles. The van der Waals surface area contributed by atoms with Gasteiger partial charge in [-0.05, 0) is 36.2 Å². The quantitative estimate of drug-likeness (QED) is 0.557. The SMILES string of the molecule is O=C(c1cccc(CNc2ccncn2)c1)N1CCC(n2cc3ccccc3n2)C1. The smallest absolute Gasteiger partial charge is 0.253 e. The summed E-state index contributed by atoms with van der Waals surface area (Å²) in [5.41, 5.74) is 2.74. The Morgan fingerprint density at radius 2 is 2.07 bits per heavy atom. The second kappa shape index (κ2) is 7.94. The molecule has 30 heavy (non-hydrogen) atoms. The topological polar surface area (TPSA) is 75.9 Å². The highest BCUT2D eigenvalue weighted by Gasteiger charge is 2.28.